The minimum absolute atomic E-state index is 0.142. The van der Waals surface area contributed by atoms with Crippen LogP contribution in [-0.2, 0) is 5.41 Å². The van der Waals surface area contributed by atoms with Crippen molar-refractivity contribution in [3.8, 4) is 0 Å². The molecule has 1 heteroatoms. The van der Waals surface area contributed by atoms with E-state index in [4.69, 9.17) is 12.6 Å². The van der Waals surface area contributed by atoms with E-state index in [-0.39, 0.29) is 10.8 Å². The molecule has 25 heavy (non-hydrogen) atoms. The van der Waals surface area contributed by atoms with E-state index in [9.17, 15) is 0 Å². The molecule has 0 amide bonds. The van der Waals surface area contributed by atoms with Crippen LogP contribution in [0.3, 0.4) is 0 Å². The summed E-state index contributed by atoms with van der Waals surface area (Å²) in [6, 6.07) is 6.60. The Morgan fingerprint density at radius 2 is 1.52 bits per heavy atom. The molecule has 0 spiro atoms. The maximum atomic E-state index is 4.71. The third-order valence-corrected chi connectivity index (χ3v) is 4.38. The first kappa shape index (κ1) is 23.8. The van der Waals surface area contributed by atoms with Crippen LogP contribution in [0.5, 0.6) is 0 Å². The van der Waals surface area contributed by atoms with Gasteiger partial charge in [0.25, 0.3) is 0 Å². The Bertz CT molecular complexity index is 629. The van der Waals surface area contributed by atoms with E-state index < -0.39 is 0 Å². The molecule has 140 valence electrons. The highest BCUT2D eigenvalue weighted by Crippen LogP contribution is 2.30. The van der Waals surface area contributed by atoms with Crippen molar-refractivity contribution < 1.29 is 0 Å². The highest BCUT2D eigenvalue weighted by molar-refractivity contribution is 7.80. The Morgan fingerprint density at radius 3 is 1.92 bits per heavy atom. The summed E-state index contributed by atoms with van der Waals surface area (Å²) in [6.45, 7) is 21.6. The van der Waals surface area contributed by atoms with Crippen molar-refractivity contribution in [2.75, 3.05) is 0 Å². The van der Waals surface area contributed by atoms with Crippen LogP contribution in [0.4, 0.5) is 0 Å². The number of thiol groups is 1. The first-order valence-electron chi connectivity index (χ1n) is 9.32. The molecule has 0 fully saturated rings. The van der Waals surface area contributed by atoms with Crippen LogP contribution in [0.25, 0.3) is 5.57 Å². The smallest absolute Gasteiger partial charge is 0.0118 e. The van der Waals surface area contributed by atoms with Gasteiger partial charge in [0.2, 0.25) is 0 Å². The summed E-state index contributed by atoms with van der Waals surface area (Å²) in [7, 11) is 0. The summed E-state index contributed by atoms with van der Waals surface area (Å²) >= 11 is 4.71. The van der Waals surface area contributed by atoms with Crippen LogP contribution in [0.15, 0.2) is 53.0 Å². The van der Waals surface area contributed by atoms with Gasteiger partial charge in [-0.15, -0.1) is 12.6 Å². The molecule has 1 rings (SSSR count). The summed E-state index contributed by atoms with van der Waals surface area (Å²) in [5, 5.41) is 0. The molecular weight excluding hydrogens is 320 g/mol. The molecule has 1 aromatic rings. The van der Waals surface area contributed by atoms with E-state index >= 15 is 0 Å². The number of rotatable bonds is 3. The van der Waals surface area contributed by atoms with Gasteiger partial charge in [0.05, 0.1) is 0 Å². The minimum Gasteiger partial charge on any atom is -0.143 e. The summed E-state index contributed by atoms with van der Waals surface area (Å²) < 4.78 is 0. The molecular formula is C24H38S. The molecule has 0 saturated carbocycles. The maximum absolute atomic E-state index is 4.71. The Labute approximate surface area is 162 Å². The standard InChI is InChI=1S/C22H32S.C2H6/c1-9-10-17(21(3,4)5)12-11-16(2)19-14-13-18(15-20(19)23)22(6,7)8;1-2/h9-15,23H,1-8H3;1-2H3/b10-9+,16-11+,17-12+;. The molecule has 0 atom stereocenters. The first-order valence-corrected chi connectivity index (χ1v) is 9.77. The average molecular weight is 359 g/mol. The van der Waals surface area contributed by atoms with Crippen LogP contribution in [0.1, 0.15) is 80.4 Å². The van der Waals surface area contributed by atoms with Crippen molar-refractivity contribution >= 4 is 18.2 Å². The molecule has 0 heterocycles. The largest absolute Gasteiger partial charge is 0.143 e. The normalized spacial score (nSPS) is 13.7. The average Bonchev–Trinajstić information content (AvgIpc) is 2.51. The van der Waals surface area contributed by atoms with Crippen molar-refractivity contribution in [3.05, 3.63) is 59.2 Å². The molecule has 0 aromatic heterocycles. The molecule has 1 aromatic carbocycles. The van der Waals surface area contributed by atoms with E-state index in [1.165, 1.54) is 22.3 Å². The quantitative estimate of drug-likeness (QED) is 0.408. The molecule has 0 bridgehead atoms. The van der Waals surface area contributed by atoms with Crippen LogP contribution in [-0.4, -0.2) is 0 Å². The lowest BCUT2D eigenvalue weighted by Crippen LogP contribution is -2.11. The van der Waals surface area contributed by atoms with Gasteiger partial charge < -0.3 is 0 Å². The van der Waals surface area contributed by atoms with Crippen LogP contribution in [0, 0.1) is 5.41 Å². The minimum atomic E-state index is 0.142. The number of hydrogen-bond acceptors (Lipinski definition) is 1. The molecule has 0 N–H and O–H groups in total. The van der Waals surface area contributed by atoms with Gasteiger partial charge in [0.15, 0.2) is 0 Å². The van der Waals surface area contributed by atoms with Crippen molar-refractivity contribution in [2.45, 2.75) is 79.5 Å². The summed E-state index contributed by atoms with van der Waals surface area (Å²) in [5.41, 5.74) is 5.38. The van der Waals surface area contributed by atoms with Crippen molar-refractivity contribution in [1.29, 1.82) is 0 Å². The molecule has 0 radical (unpaired) electrons. The lowest BCUT2D eigenvalue weighted by molar-refractivity contribution is 0.517. The fraction of sp³-hybridized carbons (Fsp3) is 0.500. The van der Waals surface area contributed by atoms with Crippen LogP contribution < -0.4 is 0 Å². The second-order valence-corrected chi connectivity index (χ2v) is 8.69. The monoisotopic (exact) mass is 358 g/mol. The molecule has 0 aliphatic rings. The molecule has 0 aliphatic carbocycles. The van der Waals surface area contributed by atoms with Crippen molar-refractivity contribution in [3.63, 3.8) is 0 Å². The Morgan fingerprint density at radius 1 is 0.960 bits per heavy atom. The zero-order valence-electron chi connectivity index (χ0n) is 18.0. The number of benzene rings is 1. The zero-order chi connectivity index (χ0) is 19.8. The first-order chi connectivity index (χ1) is 11.5. The molecule has 0 saturated heterocycles. The number of hydrogen-bond donors (Lipinski definition) is 1. The molecule has 0 aliphatic heterocycles. The predicted octanol–water partition coefficient (Wildman–Crippen LogP) is 8.25. The van der Waals surface area contributed by atoms with Crippen LogP contribution in [0.2, 0.25) is 0 Å². The fourth-order valence-corrected chi connectivity index (χ4v) is 2.76. The zero-order valence-corrected chi connectivity index (χ0v) is 18.9. The van der Waals surface area contributed by atoms with Gasteiger partial charge in [-0.1, -0.05) is 91.8 Å². The Kier molecular flexibility index (Phi) is 9.58. The number of allylic oxidation sites excluding steroid dienone is 6. The van der Waals surface area contributed by atoms with Gasteiger partial charge in [-0.05, 0) is 53.0 Å². The fourth-order valence-electron chi connectivity index (χ4n) is 2.37. The van der Waals surface area contributed by atoms with E-state index in [1.807, 2.05) is 13.8 Å². The SMILES string of the molecule is C/C=C/C(=C\C=C(/C)c1ccc(C(C)(C)C)cc1S)C(C)(C)C.CC. The van der Waals surface area contributed by atoms with E-state index in [0.29, 0.717) is 0 Å². The molecule has 0 unspecified atom stereocenters. The second kappa shape index (κ2) is 10.1. The second-order valence-electron chi connectivity index (χ2n) is 8.20. The summed E-state index contributed by atoms with van der Waals surface area (Å²) in [6.07, 6.45) is 8.71. The Hall–Kier alpha value is -1.21. The van der Waals surface area contributed by atoms with E-state index in [0.717, 1.165) is 4.90 Å². The van der Waals surface area contributed by atoms with Gasteiger partial charge in [-0.3, -0.25) is 0 Å². The maximum Gasteiger partial charge on any atom is 0.0118 e. The lowest BCUT2D eigenvalue weighted by Gasteiger charge is -2.21. The Balaban J connectivity index is 0.00000277. The highest BCUT2D eigenvalue weighted by Gasteiger charge is 2.15. The summed E-state index contributed by atoms with van der Waals surface area (Å²) in [5.74, 6) is 0. The van der Waals surface area contributed by atoms with Crippen molar-refractivity contribution in [2.24, 2.45) is 5.41 Å². The third-order valence-electron chi connectivity index (χ3n) is 4.01. The molecule has 0 nitrogen and oxygen atoms in total. The van der Waals surface area contributed by atoms with Gasteiger partial charge in [0.1, 0.15) is 0 Å². The predicted molar refractivity (Wildman–Crippen MR) is 120 cm³/mol. The summed E-state index contributed by atoms with van der Waals surface area (Å²) in [4.78, 5) is 1.04. The van der Waals surface area contributed by atoms with Crippen molar-refractivity contribution in [1.82, 2.24) is 0 Å². The van der Waals surface area contributed by atoms with E-state index in [2.05, 4.69) is 97.9 Å². The van der Waals surface area contributed by atoms with Gasteiger partial charge in [-0.2, -0.15) is 0 Å². The van der Waals surface area contributed by atoms with Gasteiger partial charge in [-0.25, -0.2) is 0 Å². The topological polar surface area (TPSA) is 0 Å². The van der Waals surface area contributed by atoms with Crippen LogP contribution >= 0.6 is 12.6 Å². The van der Waals surface area contributed by atoms with Gasteiger partial charge >= 0.3 is 0 Å². The lowest BCUT2D eigenvalue weighted by atomic mass is 9.85. The third kappa shape index (κ3) is 7.69. The van der Waals surface area contributed by atoms with E-state index in [1.54, 1.807) is 0 Å². The highest BCUT2D eigenvalue weighted by atomic mass is 32.1. The van der Waals surface area contributed by atoms with Gasteiger partial charge in [0, 0.05) is 4.90 Å².